The van der Waals surface area contributed by atoms with Crippen LogP contribution in [0.4, 0.5) is 0 Å². The van der Waals surface area contributed by atoms with E-state index in [4.69, 9.17) is 4.42 Å². The maximum absolute atomic E-state index is 5.35. The van der Waals surface area contributed by atoms with E-state index in [9.17, 15) is 0 Å². The summed E-state index contributed by atoms with van der Waals surface area (Å²) in [5, 5.41) is 3.24. The molecule has 0 bridgehead atoms. The van der Waals surface area contributed by atoms with Crippen LogP contribution in [-0.4, -0.2) is 13.1 Å². The number of hydrogen-bond acceptors (Lipinski definition) is 2. The Kier molecular flexibility index (Phi) is 3.42. The number of furan rings is 1. The van der Waals surface area contributed by atoms with E-state index in [0.29, 0.717) is 6.04 Å². The summed E-state index contributed by atoms with van der Waals surface area (Å²) in [4.78, 5) is 0. The van der Waals surface area contributed by atoms with Crippen molar-refractivity contribution in [2.45, 2.75) is 19.4 Å². The number of likely N-dealkylation sites (N-methyl/N-ethyl adjacent to an activating group) is 1. The molecule has 1 atom stereocenters. The summed E-state index contributed by atoms with van der Waals surface area (Å²) in [6.45, 7) is 2.18. The fourth-order valence-corrected chi connectivity index (χ4v) is 1.70. The molecule has 0 amide bonds. The lowest BCUT2D eigenvalue weighted by Crippen LogP contribution is -2.23. The second-order valence-electron chi connectivity index (χ2n) is 4.07. The van der Waals surface area contributed by atoms with Gasteiger partial charge in [-0.05, 0) is 38.1 Å². The van der Waals surface area contributed by atoms with Crippen LogP contribution in [0.2, 0.25) is 0 Å². The highest BCUT2D eigenvalue weighted by molar-refractivity contribution is 5.57. The van der Waals surface area contributed by atoms with Crippen LogP contribution in [-0.2, 0) is 6.42 Å². The smallest absolute Gasteiger partial charge is 0.133 e. The van der Waals surface area contributed by atoms with Crippen LogP contribution >= 0.6 is 0 Å². The molecule has 2 heteroatoms. The van der Waals surface area contributed by atoms with E-state index in [1.165, 1.54) is 5.56 Å². The molecule has 84 valence electrons. The Bertz CT molecular complexity index is 417. The molecule has 2 rings (SSSR count). The number of benzene rings is 1. The summed E-state index contributed by atoms with van der Waals surface area (Å²) in [5.41, 5.74) is 2.48. The molecule has 0 fully saturated rings. The van der Waals surface area contributed by atoms with Crippen molar-refractivity contribution in [3.63, 3.8) is 0 Å². The van der Waals surface area contributed by atoms with Crippen molar-refractivity contribution in [3.05, 3.63) is 48.2 Å². The van der Waals surface area contributed by atoms with E-state index in [-0.39, 0.29) is 0 Å². The molecule has 2 aromatic rings. The first kappa shape index (κ1) is 11.0. The predicted octanol–water partition coefficient (Wildman–Crippen LogP) is 3.10. The van der Waals surface area contributed by atoms with E-state index in [2.05, 4.69) is 36.5 Å². The van der Waals surface area contributed by atoms with Crippen molar-refractivity contribution in [1.82, 2.24) is 5.32 Å². The van der Waals surface area contributed by atoms with E-state index < -0.39 is 0 Å². The van der Waals surface area contributed by atoms with Crippen LogP contribution in [0.25, 0.3) is 11.3 Å². The fourth-order valence-electron chi connectivity index (χ4n) is 1.70. The Morgan fingerprint density at radius 2 is 1.94 bits per heavy atom. The van der Waals surface area contributed by atoms with E-state index in [1.54, 1.807) is 6.26 Å². The summed E-state index contributed by atoms with van der Waals surface area (Å²) >= 11 is 0. The van der Waals surface area contributed by atoms with Crippen LogP contribution in [0.3, 0.4) is 0 Å². The third-order valence-electron chi connectivity index (χ3n) is 2.79. The fraction of sp³-hybridized carbons (Fsp3) is 0.286. The van der Waals surface area contributed by atoms with Gasteiger partial charge in [0, 0.05) is 11.6 Å². The summed E-state index contributed by atoms with van der Waals surface area (Å²) in [6, 6.07) is 12.9. The molecule has 0 saturated heterocycles. The minimum atomic E-state index is 0.509. The van der Waals surface area contributed by atoms with E-state index >= 15 is 0 Å². The van der Waals surface area contributed by atoms with Crippen molar-refractivity contribution in [1.29, 1.82) is 0 Å². The molecule has 1 aromatic carbocycles. The molecule has 0 spiro atoms. The summed E-state index contributed by atoms with van der Waals surface area (Å²) in [5.74, 6) is 0.924. The molecule has 16 heavy (non-hydrogen) atoms. The van der Waals surface area contributed by atoms with Gasteiger partial charge in [-0.2, -0.15) is 0 Å². The van der Waals surface area contributed by atoms with Gasteiger partial charge in [0.05, 0.1) is 6.26 Å². The first-order valence-electron chi connectivity index (χ1n) is 5.59. The summed E-state index contributed by atoms with van der Waals surface area (Å²) < 4.78 is 5.35. The zero-order valence-electron chi connectivity index (χ0n) is 9.73. The zero-order chi connectivity index (χ0) is 11.4. The van der Waals surface area contributed by atoms with Crippen LogP contribution in [0, 0.1) is 0 Å². The molecule has 2 nitrogen and oxygen atoms in total. The van der Waals surface area contributed by atoms with Crippen LogP contribution < -0.4 is 5.32 Å². The molecule has 1 unspecified atom stereocenters. The molecule has 0 radical (unpaired) electrons. The highest BCUT2D eigenvalue weighted by Crippen LogP contribution is 2.20. The molecule has 0 saturated carbocycles. The third-order valence-corrected chi connectivity index (χ3v) is 2.79. The Hall–Kier alpha value is -1.54. The van der Waals surface area contributed by atoms with Gasteiger partial charge in [-0.15, -0.1) is 0 Å². The zero-order valence-corrected chi connectivity index (χ0v) is 9.73. The average Bonchev–Trinajstić information content (AvgIpc) is 2.83. The minimum Gasteiger partial charge on any atom is -0.464 e. The first-order chi connectivity index (χ1) is 7.79. The van der Waals surface area contributed by atoms with Crippen molar-refractivity contribution in [2.24, 2.45) is 0 Å². The number of rotatable bonds is 4. The van der Waals surface area contributed by atoms with Crippen molar-refractivity contribution in [2.75, 3.05) is 7.05 Å². The topological polar surface area (TPSA) is 25.2 Å². The maximum atomic E-state index is 5.35. The summed E-state index contributed by atoms with van der Waals surface area (Å²) in [7, 11) is 1.99. The minimum absolute atomic E-state index is 0.509. The van der Waals surface area contributed by atoms with Crippen molar-refractivity contribution >= 4 is 0 Å². The largest absolute Gasteiger partial charge is 0.464 e. The number of hydrogen-bond donors (Lipinski definition) is 1. The molecular weight excluding hydrogens is 198 g/mol. The van der Waals surface area contributed by atoms with Crippen molar-refractivity contribution in [3.8, 4) is 11.3 Å². The average molecular weight is 215 g/mol. The molecular formula is C14H17NO. The molecule has 0 aliphatic carbocycles. The van der Waals surface area contributed by atoms with Crippen molar-refractivity contribution < 1.29 is 4.42 Å². The second kappa shape index (κ2) is 4.99. The van der Waals surface area contributed by atoms with Crippen LogP contribution in [0.5, 0.6) is 0 Å². The SMILES string of the molecule is CNC(C)Cc1ccc(-c2ccco2)cc1. The Balaban J connectivity index is 2.11. The quantitative estimate of drug-likeness (QED) is 0.847. The lowest BCUT2D eigenvalue weighted by molar-refractivity contribution is 0.582. The third kappa shape index (κ3) is 2.52. The predicted molar refractivity (Wildman–Crippen MR) is 66.4 cm³/mol. The molecule has 1 aromatic heterocycles. The van der Waals surface area contributed by atoms with Gasteiger partial charge in [0.2, 0.25) is 0 Å². The Morgan fingerprint density at radius 3 is 2.50 bits per heavy atom. The first-order valence-corrected chi connectivity index (χ1v) is 5.59. The van der Waals surface area contributed by atoms with Gasteiger partial charge < -0.3 is 9.73 Å². The van der Waals surface area contributed by atoms with E-state index in [1.807, 2.05) is 19.2 Å². The van der Waals surface area contributed by atoms with Gasteiger partial charge in [0.25, 0.3) is 0 Å². The van der Waals surface area contributed by atoms with Gasteiger partial charge in [-0.25, -0.2) is 0 Å². The molecule has 0 aliphatic heterocycles. The van der Waals surface area contributed by atoms with Gasteiger partial charge in [-0.1, -0.05) is 24.3 Å². The van der Waals surface area contributed by atoms with Crippen LogP contribution in [0.15, 0.2) is 47.1 Å². The second-order valence-corrected chi connectivity index (χ2v) is 4.07. The lowest BCUT2D eigenvalue weighted by atomic mass is 10.0. The standard InChI is InChI=1S/C14H17NO/c1-11(15-2)10-12-5-7-13(8-6-12)14-4-3-9-16-14/h3-9,11,15H,10H2,1-2H3. The Labute approximate surface area is 96.3 Å². The maximum Gasteiger partial charge on any atom is 0.133 e. The summed E-state index contributed by atoms with van der Waals surface area (Å²) in [6.07, 6.45) is 2.75. The van der Waals surface area contributed by atoms with Gasteiger partial charge in [0.1, 0.15) is 5.76 Å². The molecule has 1 heterocycles. The number of nitrogens with one attached hydrogen (secondary N) is 1. The Morgan fingerprint density at radius 1 is 1.19 bits per heavy atom. The normalized spacial score (nSPS) is 12.6. The molecule has 1 N–H and O–H groups in total. The highest BCUT2D eigenvalue weighted by Gasteiger charge is 2.02. The lowest BCUT2D eigenvalue weighted by Gasteiger charge is -2.09. The molecule has 0 aliphatic rings. The van der Waals surface area contributed by atoms with Gasteiger partial charge >= 0.3 is 0 Å². The highest BCUT2D eigenvalue weighted by atomic mass is 16.3. The van der Waals surface area contributed by atoms with Crippen LogP contribution in [0.1, 0.15) is 12.5 Å². The van der Waals surface area contributed by atoms with Gasteiger partial charge in [-0.3, -0.25) is 0 Å². The van der Waals surface area contributed by atoms with Gasteiger partial charge in [0.15, 0.2) is 0 Å². The monoisotopic (exact) mass is 215 g/mol. The van der Waals surface area contributed by atoms with E-state index in [0.717, 1.165) is 17.7 Å².